The van der Waals surface area contributed by atoms with E-state index in [4.69, 9.17) is 0 Å². The quantitative estimate of drug-likeness (QED) is 0.340. The number of piperidine rings is 1. The van der Waals surface area contributed by atoms with Crippen molar-refractivity contribution in [1.29, 1.82) is 0 Å². The minimum Gasteiger partial charge on any atom is -0.342 e. The van der Waals surface area contributed by atoms with Crippen molar-refractivity contribution in [3.8, 4) is 11.8 Å². The third kappa shape index (κ3) is 7.52. The van der Waals surface area contributed by atoms with Crippen LogP contribution in [0.5, 0.6) is 0 Å². The van der Waals surface area contributed by atoms with Crippen LogP contribution in [0, 0.1) is 29.1 Å². The lowest BCUT2D eigenvalue weighted by atomic mass is 9.59. The molecule has 1 aliphatic carbocycles. The molecule has 0 aromatic heterocycles. The van der Waals surface area contributed by atoms with Gasteiger partial charge in [0.1, 0.15) is 5.78 Å². The molecule has 3 aliphatic rings. The summed E-state index contributed by atoms with van der Waals surface area (Å²) in [5, 5.41) is 0. The van der Waals surface area contributed by atoms with Gasteiger partial charge in [0.05, 0.1) is 4.90 Å². The van der Waals surface area contributed by atoms with Gasteiger partial charge < -0.3 is 4.90 Å². The topological polar surface area (TPSA) is 74.8 Å². The van der Waals surface area contributed by atoms with Gasteiger partial charge in [0, 0.05) is 50.9 Å². The van der Waals surface area contributed by atoms with E-state index in [1.807, 2.05) is 17.9 Å². The fourth-order valence-electron chi connectivity index (χ4n) is 7.03. The average Bonchev–Trinajstić information content (AvgIpc) is 2.93. The van der Waals surface area contributed by atoms with Gasteiger partial charge in [0.15, 0.2) is 0 Å². The summed E-state index contributed by atoms with van der Waals surface area (Å²) in [6.07, 6.45) is 13.1. The number of unbranched alkanes of at least 4 members (excludes halogenated alkanes) is 1. The number of benzene rings is 1. The Labute approximate surface area is 236 Å². The monoisotopic (exact) mass is 554 g/mol. The number of rotatable bonds is 5. The average molecular weight is 555 g/mol. The minimum atomic E-state index is -3.67. The summed E-state index contributed by atoms with van der Waals surface area (Å²) < 4.78 is 28.8. The summed E-state index contributed by atoms with van der Waals surface area (Å²) in [4.78, 5) is 29.7. The van der Waals surface area contributed by atoms with Gasteiger partial charge in [-0.05, 0) is 56.6 Å². The molecule has 3 bridgehead atoms. The van der Waals surface area contributed by atoms with Gasteiger partial charge in [-0.2, -0.15) is 4.31 Å². The normalized spacial score (nSPS) is 28.0. The van der Waals surface area contributed by atoms with E-state index in [1.54, 1.807) is 28.6 Å². The zero-order chi connectivity index (χ0) is 27.7. The highest BCUT2D eigenvalue weighted by molar-refractivity contribution is 7.89. The Kier molecular flexibility index (Phi) is 10.7. The summed E-state index contributed by atoms with van der Waals surface area (Å²) in [7, 11) is -3.67. The number of carbonyl (C=O) groups is 2. The van der Waals surface area contributed by atoms with E-state index in [2.05, 4.69) is 11.8 Å². The highest BCUT2D eigenvalue weighted by atomic mass is 32.2. The van der Waals surface area contributed by atoms with E-state index in [1.165, 1.54) is 25.7 Å². The Bertz CT molecular complexity index is 1140. The van der Waals surface area contributed by atoms with Crippen molar-refractivity contribution in [2.75, 3.05) is 26.2 Å². The zero-order valence-electron chi connectivity index (χ0n) is 23.7. The molecule has 1 unspecified atom stereocenters. The molecule has 39 heavy (non-hydrogen) atoms. The molecular weight excluding hydrogens is 508 g/mol. The summed E-state index contributed by atoms with van der Waals surface area (Å²) in [6.45, 7) is 3.92. The lowest BCUT2D eigenvalue weighted by Gasteiger charge is -2.51. The van der Waals surface area contributed by atoms with Crippen LogP contribution in [0.3, 0.4) is 0 Å². The summed E-state index contributed by atoms with van der Waals surface area (Å²) >= 11 is 0. The van der Waals surface area contributed by atoms with E-state index in [0.29, 0.717) is 37.4 Å². The van der Waals surface area contributed by atoms with Crippen molar-refractivity contribution in [2.24, 2.45) is 17.3 Å². The number of Topliss-reactive ketones (excluding diaryl/α,β-unsaturated/α-hetero) is 1. The van der Waals surface area contributed by atoms with Crippen molar-refractivity contribution in [1.82, 2.24) is 9.21 Å². The molecule has 4 rings (SSSR count). The molecule has 3 atom stereocenters. The number of nitrogens with zero attached hydrogens (tertiary/aromatic N) is 2. The summed E-state index contributed by atoms with van der Waals surface area (Å²) in [6, 6.07) is 8.60. The van der Waals surface area contributed by atoms with Crippen LogP contribution in [0.1, 0.15) is 96.8 Å². The van der Waals surface area contributed by atoms with Gasteiger partial charge in [-0.15, -0.1) is 11.8 Å². The van der Waals surface area contributed by atoms with Crippen molar-refractivity contribution in [2.45, 2.75) is 102 Å². The van der Waals surface area contributed by atoms with Crippen molar-refractivity contribution in [3.05, 3.63) is 30.3 Å². The molecule has 7 heteroatoms. The summed E-state index contributed by atoms with van der Waals surface area (Å²) in [5.41, 5.74) is -0.133. The van der Waals surface area contributed by atoms with Crippen LogP contribution in [0.4, 0.5) is 0 Å². The second-order valence-electron chi connectivity index (χ2n) is 11.9. The Morgan fingerprint density at radius 3 is 2.33 bits per heavy atom. The van der Waals surface area contributed by atoms with Crippen molar-refractivity contribution >= 4 is 21.7 Å². The van der Waals surface area contributed by atoms with Crippen LogP contribution >= 0.6 is 0 Å². The van der Waals surface area contributed by atoms with Crippen LogP contribution in [0.15, 0.2) is 35.2 Å². The van der Waals surface area contributed by atoms with Gasteiger partial charge >= 0.3 is 0 Å². The number of amides is 1. The molecule has 2 aliphatic heterocycles. The van der Waals surface area contributed by atoms with Crippen LogP contribution in [0.25, 0.3) is 0 Å². The van der Waals surface area contributed by atoms with E-state index in [0.717, 1.165) is 51.4 Å². The maximum atomic E-state index is 13.7. The minimum absolute atomic E-state index is 0.0866. The molecule has 1 saturated carbocycles. The number of hydrogen-bond acceptors (Lipinski definition) is 4. The highest BCUT2D eigenvalue weighted by Crippen LogP contribution is 2.49. The number of sulfonamides is 1. The predicted molar refractivity (Wildman–Crippen MR) is 154 cm³/mol. The van der Waals surface area contributed by atoms with Gasteiger partial charge in [-0.3, -0.25) is 9.59 Å². The van der Waals surface area contributed by atoms with Gasteiger partial charge in [-0.1, -0.05) is 63.1 Å². The molecule has 0 N–H and O–H groups in total. The van der Waals surface area contributed by atoms with E-state index in [9.17, 15) is 18.0 Å². The number of hydrogen-bond donors (Lipinski definition) is 0. The Morgan fingerprint density at radius 2 is 1.62 bits per heavy atom. The molecule has 214 valence electrons. The number of fused-ring (bicyclic) bond motifs is 4. The smallest absolute Gasteiger partial charge is 0.243 e. The third-order valence-corrected chi connectivity index (χ3v) is 11.0. The molecule has 1 amide bonds. The second kappa shape index (κ2) is 13.9. The first kappa shape index (κ1) is 29.8. The Morgan fingerprint density at radius 1 is 0.923 bits per heavy atom. The van der Waals surface area contributed by atoms with E-state index < -0.39 is 15.9 Å². The lowest BCUT2D eigenvalue weighted by Crippen LogP contribution is -2.58. The number of ketones is 1. The molecule has 1 aromatic rings. The maximum Gasteiger partial charge on any atom is 0.243 e. The molecule has 1 spiro atoms. The first-order valence-electron chi connectivity index (χ1n) is 15.1. The first-order valence-corrected chi connectivity index (χ1v) is 16.6. The number of carbonyl (C=O) groups excluding carboxylic acids is 2. The Balaban J connectivity index is 1.58. The van der Waals surface area contributed by atoms with Crippen LogP contribution in [-0.4, -0.2) is 55.5 Å². The molecule has 3 fully saturated rings. The molecule has 0 radical (unpaired) electrons. The fraction of sp³-hybridized carbons (Fsp3) is 0.688. The standard InChI is InChI=1S/C32H46N2O4S/c1-2-3-4-15-21-33-26-32-20-14-9-7-5-6-8-10-16-22-34(39(37,38)27-17-12-11-13-18-27)23-19-28(30(35)25-32)29(24-32)31(33)36/h11-13,17-18,28-29H,4-10,14-16,19-26H2,1H3/t28?,29-,32+/m1/s1. The highest BCUT2D eigenvalue weighted by Gasteiger charge is 2.53. The van der Waals surface area contributed by atoms with Crippen LogP contribution in [0.2, 0.25) is 0 Å². The van der Waals surface area contributed by atoms with Crippen LogP contribution < -0.4 is 0 Å². The largest absolute Gasteiger partial charge is 0.342 e. The zero-order valence-corrected chi connectivity index (χ0v) is 24.5. The van der Waals surface area contributed by atoms with Crippen LogP contribution in [-0.2, 0) is 19.6 Å². The molecular formula is C32H46N2O4S. The molecule has 1 aromatic carbocycles. The van der Waals surface area contributed by atoms with Crippen molar-refractivity contribution < 1.29 is 18.0 Å². The lowest BCUT2D eigenvalue weighted by molar-refractivity contribution is -0.159. The van der Waals surface area contributed by atoms with Gasteiger partial charge in [0.2, 0.25) is 15.9 Å². The molecule has 6 nitrogen and oxygen atoms in total. The Hall–Kier alpha value is -2.17. The molecule has 2 heterocycles. The second-order valence-corrected chi connectivity index (χ2v) is 13.9. The number of likely N-dealkylation sites (tertiary alicyclic amines) is 1. The van der Waals surface area contributed by atoms with E-state index >= 15 is 0 Å². The SMILES string of the molecule is CC#CCCCN1C[C@]23CCCCCCCCCCN(S(=O)(=O)c4ccccc4)CCC(C(=O)C2)[C@@H](C3)C1=O. The predicted octanol–water partition coefficient (Wildman–Crippen LogP) is 5.82. The summed E-state index contributed by atoms with van der Waals surface area (Å²) in [5.74, 6) is 5.54. The maximum absolute atomic E-state index is 13.7. The van der Waals surface area contributed by atoms with Gasteiger partial charge in [-0.25, -0.2) is 8.42 Å². The fourth-order valence-corrected chi connectivity index (χ4v) is 8.55. The first-order chi connectivity index (χ1) is 18.9. The van der Waals surface area contributed by atoms with E-state index in [-0.39, 0.29) is 29.6 Å². The van der Waals surface area contributed by atoms with Crippen molar-refractivity contribution in [3.63, 3.8) is 0 Å². The molecule has 2 saturated heterocycles. The van der Waals surface area contributed by atoms with Gasteiger partial charge in [0.25, 0.3) is 0 Å². The third-order valence-electron chi connectivity index (χ3n) is 9.10.